The van der Waals surface area contributed by atoms with Crippen molar-refractivity contribution in [3.8, 4) is 0 Å². The Morgan fingerprint density at radius 2 is 1.75 bits per heavy atom. The van der Waals surface area contributed by atoms with Gasteiger partial charge in [0.2, 0.25) is 5.91 Å². The van der Waals surface area contributed by atoms with E-state index in [9.17, 15) is 9.90 Å². The first-order valence-electron chi connectivity index (χ1n) is 8.52. The van der Waals surface area contributed by atoms with Crippen molar-refractivity contribution in [3.63, 3.8) is 0 Å². The fraction of sp³-hybridized carbons (Fsp3) is 0.350. The van der Waals surface area contributed by atoms with Crippen LogP contribution in [0.25, 0.3) is 0 Å². The van der Waals surface area contributed by atoms with E-state index in [1.165, 1.54) is 0 Å². The number of likely N-dealkylation sites (tertiary alicyclic amines) is 1. The van der Waals surface area contributed by atoms with Gasteiger partial charge in [-0.2, -0.15) is 0 Å². The highest BCUT2D eigenvalue weighted by atomic mass is 16.3. The second-order valence-corrected chi connectivity index (χ2v) is 6.33. The molecule has 0 aromatic heterocycles. The predicted molar refractivity (Wildman–Crippen MR) is 95.8 cm³/mol. The quantitative estimate of drug-likeness (QED) is 0.919. The summed E-state index contributed by atoms with van der Waals surface area (Å²) in [5.41, 5.74) is 2.01. The lowest BCUT2D eigenvalue weighted by molar-refractivity contribution is -0.120. The van der Waals surface area contributed by atoms with E-state index in [1.807, 2.05) is 65.6 Å². The van der Waals surface area contributed by atoms with Crippen LogP contribution in [0.2, 0.25) is 0 Å². The van der Waals surface area contributed by atoms with Gasteiger partial charge in [-0.3, -0.25) is 9.69 Å². The van der Waals surface area contributed by atoms with Gasteiger partial charge in [0.1, 0.15) is 0 Å². The van der Waals surface area contributed by atoms with Crippen LogP contribution in [0.4, 0.5) is 5.69 Å². The number of piperidine rings is 1. The number of benzene rings is 2. The molecule has 1 atom stereocenters. The number of hydrogen-bond acceptors (Lipinski definition) is 3. The summed E-state index contributed by atoms with van der Waals surface area (Å²) in [7, 11) is 0. The molecule has 1 amide bonds. The third kappa shape index (κ3) is 4.43. The molecule has 126 valence electrons. The third-order valence-corrected chi connectivity index (χ3v) is 4.39. The molecule has 4 nitrogen and oxygen atoms in total. The van der Waals surface area contributed by atoms with Gasteiger partial charge in [0.05, 0.1) is 19.2 Å². The maximum atomic E-state index is 12.9. The molecule has 0 bridgehead atoms. The van der Waals surface area contributed by atoms with Crippen molar-refractivity contribution < 1.29 is 9.90 Å². The average molecular weight is 324 g/mol. The standard InChI is InChI=1S/C20H24N2O2/c23-19-12-7-13-21(15-19)16-20(24)22(18-10-5-2-6-11-18)14-17-8-3-1-4-9-17/h1-6,8-11,19,23H,7,12-16H2. The topological polar surface area (TPSA) is 43.8 Å². The first kappa shape index (κ1) is 16.7. The van der Waals surface area contributed by atoms with Crippen molar-refractivity contribution in [2.24, 2.45) is 0 Å². The Balaban J connectivity index is 1.75. The first-order valence-corrected chi connectivity index (χ1v) is 8.52. The smallest absolute Gasteiger partial charge is 0.241 e. The Morgan fingerprint density at radius 1 is 1.08 bits per heavy atom. The number of aliphatic hydroxyl groups is 1. The number of nitrogens with zero attached hydrogens (tertiary/aromatic N) is 2. The van der Waals surface area contributed by atoms with Gasteiger partial charge in [-0.25, -0.2) is 0 Å². The van der Waals surface area contributed by atoms with Gasteiger partial charge in [-0.15, -0.1) is 0 Å². The minimum absolute atomic E-state index is 0.0687. The molecule has 2 aromatic rings. The van der Waals surface area contributed by atoms with Gasteiger partial charge < -0.3 is 10.0 Å². The van der Waals surface area contributed by atoms with Crippen LogP contribution in [0.3, 0.4) is 0 Å². The van der Waals surface area contributed by atoms with Crippen molar-refractivity contribution >= 4 is 11.6 Å². The summed E-state index contributed by atoms with van der Waals surface area (Å²) < 4.78 is 0. The molecule has 1 saturated heterocycles. The van der Waals surface area contributed by atoms with Crippen molar-refractivity contribution in [2.75, 3.05) is 24.5 Å². The number of anilines is 1. The Labute approximate surface area is 143 Å². The van der Waals surface area contributed by atoms with E-state index in [1.54, 1.807) is 0 Å². The van der Waals surface area contributed by atoms with Gasteiger partial charge in [0.25, 0.3) is 0 Å². The van der Waals surface area contributed by atoms with E-state index in [4.69, 9.17) is 0 Å². The number of carbonyl (C=O) groups is 1. The van der Waals surface area contributed by atoms with Crippen LogP contribution in [-0.4, -0.2) is 41.7 Å². The SMILES string of the molecule is O=C(CN1CCCC(O)C1)N(Cc1ccccc1)c1ccccc1. The molecule has 1 aliphatic heterocycles. The molecular formula is C20H24N2O2. The molecule has 0 radical (unpaired) electrons. The van der Waals surface area contributed by atoms with Crippen LogP contribution in [0.5, 0.6) is 0 Å². The van der Waals surface area contributed by atoms with Crippen molar-refractivity contribution in [3.05, 3.63) is 66.2 Å². The lowest BCUT2D eigenvalue weighted by Gasteiger charge is -2.32. The molecule has 1 fully saturated rings. The van der Waals surface area contributed by atoms with Crippen LogP contribution in [-0.2, 0) is 11.3 Å². The summed E-state index contributed by atoms with van der Waals surface area (Å²) >= 11 is 0. The summed E-state index contributed by atoms with van der Waals surface area (Å²) in [6.07, 6.45) is 1.46. The normalized spacial score (nSPS) is 18.3. The molecule has 0 aliphatic carbocycles. The van der Waals surface area contributed by atoms with Crippen LogP contribution < -0.4 is 4.90 Å². The van der Waals surface area contributed by atoms with E-state index in [2.05, 4.69) is 4.90 Å². The second-order valence-electron chi connectivity index (χ2n) is 6.33. The second kappa shape index (κ2) is 8.08. The number of aliphatic hydroxyl groups excluding tert-OH is 1. The summed E-state index contributed by atoms with van der Waals surface area (Å²) in [5, 5.41) is 9.82. The Bertz CT molecular complexity index is 645. The fourth-order valence-electron chi connectivity index (χ4n) is 3.15. The Morgan fingerprint density at radius 3 is 2.42 bits per heavy atom. The Hall–Kier alpha value is -2.17. The van der Waals surface area contributed by atoms with Gasteiger partial charge in [0.15, 0.2) is 0 Å². The number of amides is 1. The van der Waals surface area contributed by atoms with E-state index < -0.39 is 0 Å². The van der Waals surface area contributed by atoms with Crippen LogP contribution in [0.15, 0.2) is 60.7 Å². The van der Waals surface area contributed by atoms with Gasteiger partial charge >= 0.3 is 0 Å². The summed E-state index contributed by atoms with van der Waals surface area (Å²) in [5.74, 6) is 0.0687. The van der Waals surface area contributed by atoms with Gasteiger partial charge in [-0.1, -0.05) is 48.5 Å². The number of para-hydroxylation sites is 1. The molecule has 0 saturated carbocycles. The molecule has 0 spiro atoms. The third-order valence-electron chi connectivity index (χ3n) is 4.39. The van der Waals surface area contributed by atoms with Gasteiger partial charge in [-0.05, 0) is 37.1 Å². The summed E-state index contributed by atoms with van der Waals surface area (Å²) in [6.45, 7) is 2.36. The molecule has 1 unspecified atom stereocenters. The largest absolute Gasteiger partial charge is 0.392 e. The summed E-state index contributed by atoms with van der Waals surface area (Å²) in [6, 6.07) is 19.8. The molecule has 3 rings (SSSR count). The van der Waals surface area contributed by atoms with Crippen molar-refractivity contribution in [2.45, 2.75) is 25.5 Å². The molecule has 4 heteroatoms. The number of hydrogen-bond donors (Lipinski definition) is 1. The van der Waals surface area contributed by atoms with Crippen molar-refractivity contribution in [1.29, 1.82) is 0 Å². The van der Waals surface area contributed by atoms with Crippen LogP contribution in [0.1, 0.15) is 18.4 Å². The zero-order valence-electron chi connectivity index (χ0n) is 13.8. The molecule has 1 aliphatic rings. The molecule has 1 N–H and O–H groups in total. The predicted octanol–water partition coefficient (Wildman–Crippen LogP) is 2.68. The lowest BCUT2D eigenvalue weighted by atomic mass is 10.1. The van der Waals surface area contributed by atoms with Crippen LogP contribution in [0, 0.1) is 0 Å². The average Bonchev–Trinajstić information content (AvgIpc) is 2.61. The highest BCUT2D eigenvalue weighted by Gasteiger charge is 2.23. The number of carbonyl (C=O) groups excluding carboxylic acids is 1. The summed E-state index contributed by atoms with van der Waals surface area (Å²) in [4.78, 5) is 16.8. The highest BCUT2D eigenvalue weighted by Crippen LogP contribution is 2.18. The molecule has 24 heavy (non-hydrogen) atoms. The lowest BCUT2D eigenvalue weighted by Crippen LogP contribution is -2.45. The van der Waals surface area contributed by atoms with Crippen LogP contribution >= 0.6 is 0 Å². The maximum Gasteiger partial charge on any atom is 0.241 e. The minimum atomic E-state index is -0.314. The monoisotopic (exact) mass is 324 g/mol. The maximum absolute atomic E-state index is 12.9. The van der Waals surface area contributed by atoms with E-state index >= 15 is 0 Å². The van der Waals surface area contributed by atoms with E-state index in [0.717, 1.165) is 30.6 Å². The minimum Gasteiger partial charge on any atom is -0.392 e. The number of rotatable bonds is 5. The number of β-amino-alcohol motifs (C(OH)–C–C–N with tert-alkyl or cyclic N) is 1. The zero-order chi connectivity index (χ0) is 16.8. The molecule has 1 heterocycles. The van der Waals surface area contributed by atoms with E-state index in [0.29, 0.717) is 19.6 Å². The zero-order valence-corrected chi connectivity index (χ0v) is 13.8. The van der Waals surface area contributed by atoms with E-state index in [-0.39, 0.29) is 12.0 Å². The fourth-order valence-corrected chi connectivity index (χ4v) is 3.15. The first-order chi connectivity index (χ1) is 11.7. The molecular weight excluding hydrogens is 300 g/mol. The van der Waals surface area contributed by atoms with Crippen molar-refractivity contribution in [1.82, 2.24) is 4.90 Å². The Kier molecular flexibility index (Phi) is 5.62. The highest BCUT2D eigenvalue weighted by molar-refractivity contribution is 5.94. The molecule has 2 aromatic carbocycles. The van der Waals surface area contributed by atoms with Gasteiger partial charge in [0, 0.05) is 12.2 Å².